The van der Waals surface area contributed by atoms with Crippen LogP contribution in [0.4, 0.5) is 0 Å². The van der Waals surface area contributed by atoms with Gasteiger partial charge in [-0.3, -0.25) is 4.79 Å². The SMILES string of the molecule is COc1ccc([C@@H]2CC(c3ccccc3Cl)=NN2C(C)=O)cc1O. The first kappa shape index (κ1) is 16.3. The van der Waals surface area contributed by atoms with Crippen LogP contribution in [0.3, 0.4) is 0 Å². The second-order valence-corrected chi connectivity index (χ2v) is 5.95. The van der Waals surface area contributed by atoms with Crippen molar-refractivity contribution in [3.05, 3.63) is 58.6 Å². The van der Waals surface area contributed by atoms with Gasteiger partial charge in [0.05, 0.1) is 18.9 Å². The Balaban J connectivity index is 1.97. The third-order valence-electron chi connectivity index (χ3n) is 4.01. The Labute approximate surface area is 145 Å². The topological polar surface area (TPSA) is 62.1 Å². The molecule has 0 bridgehead atoms. The smallest absolute Gasteiger partial charge is 0.240 e. The van der Waals surface area contributed by atoms with Crippen molar-refractivity contribution < 1.29 is 14.6 Å². The summed E-state index contributed by atoms with van der Waals surface area (Å²) in [6, 6.07) is 12.2. The molecule has 1 heterocycles. The maximum Gasteiger partial charge on any atom is 0.240 e. The molecule has 0 fully saturated rings. The van der Waals surface area contributed by atoms with Gasteiger partial charge in [0.1, 0.15) is 0 Å². The summed E-state index contributed by atoms with van der Waals surface area (Å²) in [6.07, 6.45) is 0.523. The predicted molar refractivity (Wildman–Crippen MR) is 92.5 cm³/mol. The molecule has 1 amide bonds. The van der Waals surface area contributed by atoms with Crippen LogP contribution >= 0.6 is 11.6 Å². The van der Waals surface area contributed by atoms with Crippen LogP contribution in [0.2, 0.25) is 5.02 Å². The minimum atomic E-state index is -0.287. The lowest BCUT2D eigenvalue weighted by atomic mass is 9.98. The monoisotopic (exact) mass is 344 g/mol. The number of halogens is 1. The Bertz CT molecular complexity index is 820. The number of phenolic OH excluding ortho intramolecular Hbond substituents is 1. The number of hydrogen-bond acceptors (Lipinski definition) is 4. The van der Waals surface area contributed by atoms with Crippen LogP contribution in [0.5, 0.6) is 11.5 Å². The van der Waals surface area contributed by atoms with E-state index < -0.39 is 0 Å². The molecule has 2 aromatic carbocycles. The molecular weight excluding hydrogens is 328 g/mol. The lowest BCUT2D eigenvalue weighted by molar-refractivity contribution is -0.130. The van der Waals surface area contributed by atoms with Crippen LogP contribution in [-0.2, 0) is 4.79 Å². The van der Waals surface area contributed by atoms with Crippen molar-refractivity contribution >= 4 is 23.2 Å². The maximum absolute atomic E-state index is 12.0. The summed E-state index contributed by atoms with van der Waals surface area (Å²) in [6.45, 7) is 1.47. The van der Waals surface area contributed by atoms with Crippen LogP contribution in [0.1, 0.15) is 30.5 Å². The zero-order chi connectivity index (χ0) is 17.3. The highest BCUT2D eigenvalue weighted by atomic mass is 35.5. The fraction of sp³-hybridized carbons (Fsp3) is 0.222. The van der Waals surface area contributed by atoms with Gasteiger partial charge in [-0.1, -0.05) is 35.9 Å². The summed E-state index contributed by atoms with van der Waals surface area (Å²) in [5, 5.41) is 16.5. The molecule has 2 aromatic rings. The standard InChI is InChI=1S/C18H17ClN2O3/c1-11(22)21-16(12-7-8-18(24-2)17(23)9-12)10-15(20-21)13-5-3-4-6-14(13)19/h3-9,16,23H,10H2,1-2H3/t16-/m0/s1. The number of rotatable bonds is 3. The molecule has 6 heteroatoms. The number of methoxy groups -OCH3 is 1. The van der Waals surface area contributed by atoms with E-state index in [4.69, 9.17) is 16.3 Å². The molecule has 0 saturated carbocycles. The van der Waals surface area contributed by atoms with Crippen molar-refractivity contribution in [2.24, 2.45) is 5.10 Å². The molecule has 3 rings (SSSR count). The zero-order valence-electron chi connectivity index (χ0n) is 13.4. The molecular formula is C18H17ClN2O3. The molecule has 124 valence electrons. The first-order chi connectivity index (χ1) is 11.5. The molecule has 0 radical (unpaired) electrons. The highest BCUT2D eigenvalue weighted by Crippen LogP contribution is 2.37. The average molecular weight is 345 g/mol. The molecule has 0 aromatic heterocycles. The molecule has 1 N–H and O–H groups in total. The molecule has 1 atom stereocenters. The molecule has 24 heavy (non-hydrogen) atoms. The normalized spacial score (nSPS) is 16.9. The number of phenols is 1. The number of nitrogens with zero attached hydrogens (tertiary/aromatic N) is 2. The quantitative estimate of drug-likeness (QED) is 0.922. The predicted octanol–water partition coefficient (Wildman–Crippen LogP) is 3.75. The van der Waals surface area contributed by atoms with E-state index in [0.717, 1.165) is 16.8 Å². The van der Waals surface area contributed by atoms with Crippen molar-refractivity contribution in [3.63, 3.8) is 0 Å². The molecule has 1 aliphatic rings. The van der Waals surface area contributed by atoms with Gasteiger partial charge in [0.2, 0.25) is 5.91 Å². The Morgan fingerprint density at radius 1 is 1.33 bits per heavy atom. The number of carbonyl (C=O) groups is 1. The van der Waals surface area contributed by atoms with Gasteiger partial charge >= 0.3 is 0 Å². The van der Waals surface area contributed by atoms with E-state index in [1.165, 1.54) is 19.0 Å². The fourth-order valence-electron chi connectivity index (χ4n) is 2.83. The Morgan fingerprint density at radius 3 is 2.71 bits per heavy atom. The van der Waals surface area contributed by atoms with E-state index in [0.29, 0.717) is 17.2 Å². The fourth-order valence-corrected chi connectivity index (χ4v) is 3.08. The van der Waals surface area contributed by atoms with Gasteiger partial charge in [-0.25, -0.2) is 5.01 Å². The maximum atomic E-state index is 12.0. The van der Waals surface area contributed by atoms with Gasteiger partial charge in [-0.15, -0.1) is 0 Å². The Hall–Kier alpha value is -2.53. The third-order valence-corrected chi connectivity index (χ3v) is 4.34. The van der Waals surface area contributed by atoms with E-state index in [-0.39, 0.29) is 17.7 Å². The van der Waals surface area contributed by atoms with Crippen molar-refractivity contribution in [2.45, 2.75) is 19.4 Å². The summed E-state index contributed by atoms with van der Waals surface area (Å²) in [4.78, 5) is 12.0. The summed E-state index contributed by atoms with van der Waals surface area (Å²) in [5.41, 5.74) is 2.34. The number of aromatic hydroxyl groups is 1. The highest BCUT2D eigenvalue weighted by Gasteiger charge is 2.32. The second-order valence-electron chi connectivity index (χ2n) is 5.54. The number of ether oxygens (including phenoxy) is 1. The molecule has 1 aliphatic heterocycles. The van der Waals surface area contributed by atoms with Gasteiger partial charge in [0, 0.05) is 23.9 Å². The van der Waals surface area contributed by atoms with E-state index in [2.05, 4.69) is 5.10 Å². The number of hydrogen-bond donors (Lipinski definition) is 1. The Morgan fingerprint density at radius 2 is 2.08 bits per heavy atom. The zero-order valence-corrected chi connectivity index (χ0v) is 14.1. The van der Waals surface area contributed by atoms with Crippen LogP contribution < -0.4 is 4.74 Å². The molecule has 0 saturated heterocycles. The van der Waals surface area contributed by atoms with Gasteiger partial charge in [0.15, 0.2) is 11.5 Å². The third kappa shape index (κ3) is 2.95. The van der Waals surface area contributed by atoms with Crippen LogP contribution in [0, 0.1) is 0 Å². The van der Waals surface area contributed by atoms with Crippen molar-refractivity contribution in [3.8, 4) is 11.5 Å². The summed E-state index contributed by atoms with van der Waals surface area (Å²) in [7, 11) is 1.49. The molecule has 0 aliphatic carbocycles. The van der Waals surface area contributed by atoms with Crippen molar-refractivity contribution in [1.29, 1.82) is 0 Å². The second kappa shape index (κ2) is 6.53. The van der Waals surface area contributed by atoms with Gasteiger partial charge in [-0.2, -0.15) is 5.10 Å². The number of hydrazone groups is 1. The summed E-state index contributed by atoms with van der Waals surface area (Å²) >= 11 is 6.25. The van der Waals surface area contributed by atoms with Crippen LogP contribution in [0.15, 0.2) is 47.6 Å². The lowest BCUT2D eigenvalue weighted by Gasteiger charge is -2.21. The lowest BCUT2D eigenvalue weighted by Crippen LogP contribution is -2.24. The minimum absolute atomic E-state index is 0.0321. The Kier molecular flexibility index (Phi) is 4.44. The number of benzene rings is 2. The van der Waals surface area contributed by atoms with Gasteiger partial charge in [-0.05, 0) is 23.8 Å². The van der Waals surface area contributed by atoms with E-state index in [1.807, 2.05) is 24.3 Å². The molecule has 5 nitrogen and oxygen atoms in total. The van der Waals surface area contributed by atoms with E-state index >= 15 is 0 Å². The number of carbonyl (C=O) groups excluding carboxylic acids is 1. The van der Waals surface area contributed by atoms with Crippen molar-refractivity contribution in [1.82, 2.24) is 5.01 Å². The van der Waals surface area contributed by atoms with Gasteiger partial charge in [0.25, 0.3) is 0 Å². The highest BCUT2D eigenvalue weighted by molar-refractivity contribution is 6.34. The van der Waals surface area contributed by atoms with Crippen LogP contribution in [-0.4, -0.2) is 28.8 Å². The van der Waals surface area contributed by atoms with Crippen molar-refractivity contribution in [2.75, 3.05) is 7.11 Å². The first-order valence-corrected chi connectivity index (χ1v) is 7.88. The first-order valence-electron chi connectivity index (χ1n) is 7.50. The summed E-state index contributed by atoms with van der Waals surface area (Å²) in [5.74, 6) is 0.250. The largest absolute Gasteiger partial charge is 0.504 e. The van der Waals surface area contributed by atoms with Gasteiger partial charge < -0.3 is 9.84 Å². The average Bonchev–Trinajstić information content (AvgIpc) is 3.00. The number of amides is 1. The van der Waals surface area contributed by atoms with E-state index in [1.54, 1.807) is 18.2 Å². The molecule has 0 unspecified atom stereocenters. The minimum Gasteiger partial charge on any atom is -0.504 e. The molecule has 0 spiro atoms. The summed E-state index contributed by atoms with van der Waals surface area (Å²) < 4.78 is 5.07. The van der Waals surface area contributed by atoms with Crippen LogP contribution in [0.25, 0.3) is 0 Å². The van der Waals surface area contributed by atoms with E-state index in [9.17, 15) is 9.90 Å².